The summed E-state index contributed by atoms with van der Waals surface area (Å²) in [6.07, 6.45) is 2.35. The minimum absolute atomic E-state index is 0.151. The van der Waals surface area contributed by atoms with Crippen molar-refractivity contribution >= 4 is 5.91 Å². The molecule has 0 bridgehead atoms. The van der Waals surface area contributed by atoms with Crippen molar-refractivity contribution in [2.75, 3.05) is 19.6 Å². The van der Waals surface area contributed by atoms with Gasteiger partial charge in [-0.2, -0.15) is 0 Å². The largest absolute Gasteiger partial charge is 0.333 e. The lowest BCUT2D eigenvalue weighted by Crippen LogP contribution is -2.56. The Balaban J connectivity index is 1.82. The number of hydrogen-bond donors (Lipinski definition) is 0. The fraction of sp³-hybridized carbons (Fsp3) is 0.562. The van der Waals surface area contributed by atoms with Crippen molar-refractivity contribution in [1.82, 2.24) is 9.80 Å². The van der Waals surface area contributed by atoms with Crippen LogP contribution in [0.1, 0.15) is 35.7 Å². The zero-order valence-corrected chi connectivity index (χ0v) is 12.1. The van der Waals surface area contributed by atoms with E-state index in [-0.39, 0.29) is 17.5 Å². The van der Waals surface area contributed by atoms with Gasteiger partial charge in [0.25, 0.3) is 5.91 Å². The third kappa shape index (κ3) is 2.33. The molecular formula is C16H21FN2O. The van der Waals surface area contributed by atoms with Crippen LogP contribution in [-0.2, 0) is 0 Å². The summed E-state index contributed by atoms with van der Waals surface area (Å²) < 4.78 is 14.0. The molecule has 2 unspecified atom stereocenters. The average molecular weight is 276 g/mol. The molecule has 2 heterocycles. The highest BCUT2D eigenvalue weighted by Crippen LogP contribution is 2.26. The molecule has 2 aliphatic heterocycles. The van der Waals surface area contributed by atoms with E-state index in [0.29, 0.717) is 6.04 Å². The van der Waals surface area contributed by atoms with Gasteiger partial charge in [0, 0.05) is 25.2 Å². The SMILES string of the molecule is Cc1ccc(C(=O)N2CC3CCCN3CC2C)c(F)c1. The molecule has 4 heteroatoms. The van der Waals surface area contributed by atoms with E-state index in [9.17, 15) is 9.18 Å². The standard InChI is InChI=1S/C16H21FN2O/c1-11-5-6-14(15(17)8-11)16(20)19-10-13-4-3-7-18(13)9-12(19)2/h5-6,8,12-13H,3-4,7,9-10H2,1-2H3. The van der Waals surface area contributed by atoms with Gasteiger partial charge in [-0.3, -0.25) is 9.69 Å². The van der Waals surface area contributed by atoms with Crippen LogP contribution in [0.25, 0.3) is 0 Å². The zero-order chi connectivity index (χ0) is 14.3. The van der Waals surface area contributed by atoms with Gasteiger partial charge in [0.05, 0.1) is 5.56 Å². The second-order valence-electron chi connectivity index (χ2n) is 6.08. The maximum absolute atomic E-state index is 14.0. The van der Waals surface area contributed by atoms with Gasteiger partial charge in [-0.05, 0) is 50.9 Å². The van der Waals surface area contributed by atoms with Gasteiger partial charge in [-0.1, -0.05) is 6.07 Å². The molecular weight excluding hydrogens is 255 g/mol. The molecule has 2 fully saturated rings. The zero-order valence-electron chi connectivity index (χ0n) is 12.1. The molecule has 2 aliphatic rings. The fourth-order valence-electron chi connectivity index (χ4n) is 3.42. The van der Waals surface area contributed by atoms with Crippen LogP contribution in [0.4, 0.5) is 4.39 Å². The molecule has 3 nitrogen and oxygen atoms in total. The van der Waals surface area contributed by atoms with Crippen LogP contribution in [0.15, 0.2) is 18.2 Å². The van der Waals surface area contributed by atoms with E-state index in [2.05, 4.69) is 11.8 Å². The first-order valence-electron chi connectivity index (χ1n) is 7.37. The van der Waals surface area contributed by atoms with Gasteiger partial charge in [-0.15, -0.1) is 0 Å². The first-order chi connectivity index (χ1) is 9.56. The van der Waals surface area contributed by atoms with Crippen LogP contribution in [0.2, 0.25) is 0 Å². The predicted octanol–water partition coefficient (Wildman–Crippen LogP) is 2.44. The number of nitrogens with zero attached hydrogens (tertiary/aromatic N) is 2. The van der Waals surface area contributed by atoms with Crippen LogP contribution in [0.3, 0.4) is 0 Å². The van der Waals surface area contributed by atoms with Gasteiger partial charge < -0.3 is 4.90 Å². The van der Waals surface area contributed by atoms with Crippen LogP contribution >= 0.6 is 0 Å². The van der Waals surface area contributed by atoms with Crippen LogP contribution in [0.5, 0.6) is 0 Å². The number of rotatable bonds is 1. The number of aryl methyl sites for hydroxylation is 1. The highest BCUT2D eigenvalue weighted by Gasteiger charge is 2.37. The van der Waals surface area contributed by atoms with Crippen molar-refractivity contribution in [2.24, 2.45) is 0 Å². The van der Waals surface area contributed by atoms with Crippen molar-refractivity contribution in [3.8, 4) is 0 Å². The summed E-state index contributed by atoms with van der Waals surface area (Å²) >= 11 is 0. The molecule has 0 spiro atoms. The third-order valence-corrected chi connectivity index (χ3v) is 4.55. The van der Waals surface area contributed by atoms with Gasteiger partial charge >= 0.3 is 0 Å². The number of hydrogen-bond acceptors (Lipinski definition) is 2. The van der Waals surface area contributed by atoms with Crippen molar-refractivity contribution in [3.05, 3.63) is 35.1 Å². The second-order valence-corrected chi connectivity index (χ2v) is 6.08. The van der Waals surface area contributed by atoms with E-state index in [0.717, 1.165) is 31.6 Å². The minimum Gasteiger partial charge on any atom is -0.333 e. The quantitative estimate of drug-likeness (QED) is 0.786. The minimum atomic E-state index is -0.406. The number of carbonyl (C=O) groups is 1. The molecule has 3 rings (SSSR count). The highest BCUT2D eigenvalue weighted by molar-refractivity contribution is 5.94. The number of benzene rings is 1. The lowest BCUT2D eigenvalue weighted by atomic mass is 10.0. The predicted molar refractivity (Wildman–Crippen MR) is 76.2 cm³/mol. The summed E-state index contributed by atoms with van der Waals surface area (Å²) in [5.74, 6) is -0.572. The molecule has 1 amide bonds. The van der Waals surface area contributed by atoms with Crippen LogP contribution in [-0.4, -0.2) is 47.4 Å². The van der Waals surface area contributed by atoms with Gasteiger partial charge in [0.1, 0.15) is 5.82 Å². The molecule has 0 saturated carbocycles. The Morgan fingerprint density at radius 1 is 1.35 bits per heavy atom. The summed E-state index contributed by atoms with van der Waals surface area (Å²) in [6.45, 7) is 6.66. The molecule has 1 aromatic rings. The molecule has 0 N–H and O–H groups in total. The molecule has 2 atom stereocenters. The lowest BCUT2D eigenvalue weighted by molar-refractivity contribution is 0.0391. The fourth-order valence-corrected chi connectivity index (χ4v) is 3.42. The number of amides is 1. The van der Waals surface area contributed by atoms with E-state index in [1.54, 1.807) is 12.1 Å². The van der Waals surface area contributed by atoms with Crippen molar-refractivity contribution in [2.45, 2.75) is 38.8 Å². The summed E-state index contributed by atoms with van der Waals surface area (Å²) in [5, 5.41) is 0. The lowest BCUT2D eigenvalue weighted by Gasteiger charge is -2.42. The van der Waals surface area contributed by atoms with E-state index >= 15 is 0 Å². The topological polar surface area (TPSA) is 23.6 Å². The van der Waals surface area contributed by atoms with Crippen molar-refractivity contribution in [1.29, 1.82) is 0 Å². The van der Waals surface area contributed by atoms with Gasteiger partial charge in [0.15, 0.2) is 0 Å². The number of fused-ring (bicyclic) bond motifs is 1. The molecule has 0 aliphatic carbocycles. The smallest absolute Gasteiger partial charge is 0.257 e. The number of halogens is 1. The third-order valence-electron chi connectivity index (χ3n) is 4.55. The Kier molecular flexibility index (Phi) is 3.50. The Morgan fingerprint density at radius 2 is 2.15 bits per heavy atom. The summed E-state index contributed by atoms with van der Waals surface area (Å²) in [4.78, 5) is 16.9. The average Bonchev–Trinajstić information content (AvgIpc) is 2.84. The first kappa shape index (κ1) is 13.6. The molecule has 20 heavy (non-hydrogen) atoms. The molecule has 0 radical (unpaired) electrons. The van der Waals surface area contributed by atoms with Crippen LogP contribution < -0.4 is 0 Å². The second kappa shape index (κ2) is 5.17. The number of carbonyl (C=O) groups excluding carboxylic acids is 1. The summed E-state index contributed by atoms with van der Waals surface area (Å²) in [5.41, 5.74) is 1.04. The van der Waals surface area contributed by atoms with E-state index < -0.39 is 5.82 Å². The molecule has 2 saturated heterocycles. The Hall–Kier alpha value is -1.42. The molecule has 0 aromatic heterocycles. The Morgan fingerprint density at radius 3 is 2.90 bits per heavy atom. The van der Waals surface area contributed by atoms with Crippen LogP contribution in [0, 0.1) is 12.7 Å². The molecule has 108 valence electrons. The summed E-state index contributed by atoms with van der Waals surface area (Å²) in [7, 11) is 0. The van der Waals surface area contributed by atoms with E-state index in [1.807, 2.05) is 11.8 Å². The summed E-state index contributed by atoms with van der Waals surface area (Å²) in [6, 6.07) is 5.46. The normalized spacial score (nSPS) is 26.6. The number of piperazine rings is 1. The Bertz CT molecular complexity index is 531. The van der Waals surface area contributed by atoms with Crippen molar-refractivity contribution in [3.63, 3.8) is 0 Å². The Labute approximate surface area is 119 Å². The van der Waals surface area contributed by atoms with E-state index in [1.165, 1.54) is 12.5 Å². The highest BCUT2D eigenvalue weighted by atomic mass is 19.1. The van der Waals surface area contributed by atoms with E-state index in [4.69, 9.17) is 0 Å². The maximum atomic E-state index is 14.0. The first-order valence-corrected chi connectivity index (χ1v) is 7.37. The molecule has 1 aromatic carbocycles. The van der Waals surface area contributed by atoms with Gasteiger partial charge in [0.2, 0.25) is 0 Å². The van der Waals surface area contributed by atoms with Crippen molar-refractivity contribution < 1.29 is 9.18 Å². The monoisotopic (exact) mass is 276 g/mol. The van der Waals surface area contributed by atoms with Gasteiger partial charge in [-0.25, -0.2) is 4.39 Å². The maximum Gasteiger partial charge on any atom is 0.257 e.